The molecule has 0 bridgehead atoms. The molecular formula is C13H16ClN3OS. The van der Waals surface area contributed by atoms with Crippen LogP contribution in [0.15, 0.2) is 33.7 Å². The Balaban J connectivity index is 1.91. The van der Waals surface area contributed by atoms with Gasteiger partial charge in [0.1, 0.15) is 0 Å². The van der Waals surface area contributed by atoms with Crippen LogP contribution in [0.2, 0.25) is 5.02 Å². The summed E-state index contributed by atoms with van der Waals surface area (Å²) in [5.41, 5.74) is 5.93. The van der Waals surface area contributed by atoms with Crippen LogP contribution >= 0.6 is 23.4 Å². The maximum atomic E-state index is 5.93. The Morgan fingerprint density at radius 1 is 1.37 bits per heavy atom. The van der Waals surface area contributed by atoms with E-state index in [-0.39, 0.29) is 6.04 Å². The average molecular weight is 298 g/mol. The Hall–Kier alpha value is -1.04. The molecule has 102 valence electrons. The third kappa shape index (κ3) is 4.23. The molecule has 1 heterocycles. The van der Waals surface area contributed by atoms with E-state index in [4.69, 9.17) is 21.9 Å². The van der Waals surface area contributed by atoms with Crippen LogP contribution in [-0.2, 0) is 5.75 Å². The molecule has 4 nitrogen and oxygen atoms in total. The molecule has 0 aliphatic carbocycles. The minimum absolute atomic E-state index is 0.160. The topological polar surface area (TPSA) is 64.9 Å². The van der Waals surface area contributed by atoms with E-state index in [1.54, 1.807) is 11.8 Å². The minimum atomic E-state index is -0.160. The fourth-order valence-electron chi connectivity index (χ4n) is 1.59. The Morgan fingerprint density at radius 3 is 2.79 bits per heavy atom. The smallest absolute Gasteiger partial charge is 0.243 e. The Labute approximate surface area is 121 Å². The molecule has 2 N–H and O–H groups in total. The summed E-state index contributed by atoms with van der Waals surface area (Å²) in [5.74, 6) is 1.85. The van der Waals surface area contributed by atoms with Gasteiger partial charge in [0.2, 0.25) is 5.89 Å². The van der Waals surface area contributed by atoms with Crippen LogP contribution in [0.4, 0.5) is 0 Å². The van der Waals surface area contributed by atoms with Crippen molar-refractivity contribution >= 4 is 23.4 Å². The number of benzene rings is 1. The first-order valence-corrected chi connectivity index (χ1v) is 7.52. The molecule has 1 unspecified atom stereocenters. The molecule has 6 heteroatoms. The van der Waals surface area contributed by atoms with E-state index < -0.39 is 0 Å². The number of hydrogen-bond donors (Lipinski definition) is 1. The molecule has 0 saturated heterocycles. The van der Waals surface area contributed by atoms with Crippen LogP contribution in [0.5, 0.6) is 0 Å². The van der Waals surface area contributed by atoms with Crippen molar-refractivity contribution in [3.05, 3.63) is 41.0 Å². The number of nitrogens with two attached hydrogens (primary N) is 1. The Morgan fingerprint density at radius 2 is 2.11 bits per heavy atom. The van der Waals surface area contributed by atoms with E-state index in [9.17, 15) is 0 Å². The highest BCUT2D eigenvalue weighted by Crippen LogP contribution is 2.24. The maximum absolute atomic E-state index is 5.93. The van der Waals surface area contributed by atoms with E-state index in [2.05, 4.69) is 17.1 Å². The lowest BCUT2D eigenvalue weighted by molar-refractivity contribution is 0.345. The summed E-state index contributed by atoms with van der Waals surface area (Å²) in [6, 6.07) is 7.51. The molecule has 19 heavy (non-hydrogen) atoms. The maximum Gasteiger partial charge on any atom is 0.243 e. The van der Waals surface area contributed by atoms with Crippen molar-refractivity contribution in [2.24, 2.45) is 5.73 Å². The molecule has 0 radical (unpaired) electrons. The van der Waals surface area contributed by atoms with Crippen molar-refractivity contribution in [2.75, 3.05) is 0 Å². The van der Waals surface area contributed by atoms with E-state index in [0.717, 1.165) is 22.8 Å². The molecular weight excluding hydrogens is 282 g/mol. The third-order valence-electron chi connectivity index (χ3n) is 2.58. The normalized spacial score (nSPS) is 12.6. The largest absolute Gasteiger partial charge is 0.338 e. The van der Waals surface area contributed by atoms with E-state index in [0.29, 0.717) is 17.5 Å². The van der Waals surface area contributed by atoms with Gasteiger partial charge in [0.25, 0.3) is 0 Å². The lowest BCUT2D eigenvalue weighted by Crippen LogP contribution is -2.10. The van der Waals surface area contributed by atoms with Gasteiger partial charge >= 0.3 is 0 Å². The van der Waals surface area contributed by atoms with E-state index in [1.165, 1.54) is 0 Å². The van der Waals surface area contributed by atoms with Crippen LogP contribution in [0.25, 0.3) is 0 Å². The molecule has 2 rings (SSSR count). The predicted octanol–water partition coefficient (Wildman–Crippen LogP) is 3.82. The molecule has 2 aromatic rings. The standard InChI is InChI=1S/C13H16ClN3OS/c1-2-3-11(15)13-16-12(17-18-13)8-19-10-6-4-9(14)5-7-10/h4-7,11H,2-3,8,15H2,1H3. The van der Waals surface area contributed by atoms with Gasteiger partial charge in [-0.25, -0.2) is 0 Å². The number of rotatable bonds is 6. The van der Waals surface area contributed by atoms with Gasteiger partial charge in [-0.15, -0.1) is 11.8 Å². The quantitative estimate of drug-likeness (QED) is 0.821. The molecule has 1 aromatic heterocycles. The van der Waals surface area contributed by atoms with Crippen LogP contribution in [-0.4, -0.2) is 10.1 Å². The molecule has 0 amide bonds. The van der Waals surface area contributed by atoms with Crippen LogP contribution < -0.4 is 5.73 Å². The van der Waals surface area contributed by atoms with Gasteiger partial charge in [-0.3, -0.25) is 0 Å². The molecule has 1 aromatic carbocycles. The van der Waals surface area contributed by atoms with Crippen molar-refractivity contribution in [1.82, 2.24) is 10.1 Å². The molecule has 1 atom stereocenters. The number of nitrogens with zero attached hydrogens (tertiary/aromatic N) is 2. The first-order chi connectivity index (χ1) is 9.19. The SMILES string of the molecule is CCCC(N)c1nc(CSc2ccc(Cl)cc2)no1. The average Bonchev–Trinajstić information content (AvgIpc) is 2.87. The lowest BCUT2D eigenvalue weighted by atomic mass is 10.2. The first kappa shape index (κ1) is 14.4. The summed E-state index contributed by atoms with van der Waals surface area (Å²) in [5, 5.41) is 4.67. The van der Waals surface area contributed by atoms with Crippen molar-refractivity contribution in [3.63, 3.8) is 0 Å². The highest BCUT2D eigenvalue weighted by molar-refractivity contribution is 7.98. The van der Waals surface area contributed by atoms with Crippen molar-refractivity contribution < 1.29 is 4.52 Å². The van der Waals surface area contributed by atoms with Gasteiger partial charge < -0.3 is 10.3 Å². The van der Waals surface area contributed by atoms with Crippen LogP contribution in [0.3, 0.4) is 0 Å². The van der Waals surface area contributed by atoms with E-state index >= 15 is 0 Å². The summed E-state index contributed by atoms with van der Waals surface area (Å²) in [4.78, 5) is 5.43. The zero-order chi connectivity index (χ0) is 13.7. The summed E-state index contributed by atoms with van der Waals surface area (Å²) in [7, 11) is 0. The van der Waals surface area contributed by atoms with Crippen molar-refractivity contribution in [2.45, 2.75) is 36.5 Å². The highest BCUT2D eigenvalue weighted by atomic mass is 35.5. The monoisotopic (exact) mass is 297 g/mol. The van der Waals surface area contributed by atoms with Gasteiger partial charge in [0.15, 0.2) is 5.82 Å². The van der Waals surface area contributed by atoms with Crippen molar-refractivity contribution in [1.29, 1.82) is 0 Å². The number of aromatic nitrogens is 2. The number of hydrogen-bond acceptors (Lipinski definition) is 5. The second-order valence-corrected chi connectivity index (χ2v) is 5.67. The molecule has 0 fully saturated rings. The fraction of sp³-hybridized carbons (Fsp3) is 0.385. The van der Waals surface area contributed by atoms with Crippen LogP contribution in [0, 0.1) is 0 Å². The number of thioether (sulfide) groups is 1. The Kier molecular flexibility index (Phi) is 5.24. The van der Waals surface area contributed by atoms with Gasteiger partial charge in [-0.05, 0) is 30.7 Å². The zero-order valence-electron chi connectivity index (χ0n) is 10.7. The molecule has 0 saturated carbocycles. The minimum Gasteiger partial charge on any atom is -0.338 e. The molecule has 0 aliphatic heterocycles. The van der Waals surface area contributed by atoms with Crippen LogP contribution in [0.1, 0.15) is 37.5 Å². The van der Waals surface area contributed by atoms with Crippen molar-refractivity contribution in [3.8, 4) is 0 Å². The summed E-state index contributed by atoms with van der Waals surface area (Å²) in [6.45, 7) is 2.08. The predicted molar refractivity (Wildman–Crippen MR) is 77.1 cm³/mol. The third-order valence-corrected chi connectivity index (χ3v) is 3.84. The van der Waals surface area contributed by atoms with E-state index in [1.807, 2.05) is 24.3 Å². The first-order valence-electron chi connectivity index (χ1n) is 6.15. The summed E-state index contributed by atoms with van der Waals surface area (Å²) < 4.78 is 5.17. The molecule has 0 spiro atoms. The highest BCUT2D eigenvalue weighted by Gasteiger charge is 2.13. The van der Waals surface area contributed by atoms with Gasteiger partial charge in [-0.2, -0.15) is 4.98 Å². The van der Waals surface area contributed by atoms with Gasteiger partial charge in [-0.1, -0.05) is 30.1 Å². The second kappa shape index (κ2) is 6.93. The number of halogens is 1. The fourth-order valence-corrected chi connectivity index (χ4v) is 2.46. The zero-order valence-corrected chi connectivity index (χ0v) is 12.2. The van der Waals surface area contributed by atoms with Gasteiger partial charge in [0.05, 0.1) is 11.8 Å². The lowest BCUT2D eigenvalue weighted by Gasteiger charge is -2.02. The Bertz CT molecular complexity index is 515. The molecule has 0 aliphatic rings. The van der Waals surface area contributed by atoms with Gasteiger partial charge in [0, 0.05) is 9.92 Å². The summed E-state index contributed by atoms with van der Waals surface area (Å²) in [6.07, 6.45) is 1.85. The second-order valence-electron chi connectivity index (χ2n) is 4.19. The summed E-state index contributed by atoms with van der Waals surface area (Å²) >= 11 is 7.47.